The number of primary amides is 1. The van der Waals surface area contributed by atoms with Gasteiger partial charge in [-0.05, 0) is 29.8 Å². The van der Waals surface area contributed by atoms with Gasteiger partial charge in [-0.3, -0.25) is 9.78 Å². The van der Waals surface area contributed by atoms with Crippen LogP contribution in [0.25, 0.3) is 11.3 Å². The lowest BCUT2D eigenvalue weighted by Gasteiger charge is -2.38. The number of sulfone groups is 1. The van der Waals surface area contributed by atoms with Crippen molar-refractivity contribution >= 4 is 27.4 Å². The summed E-state index contributed by atoms with van der Waals surface area (Å²) in [6.45, 7) is 3.37. The molecule has 1 amide bonds. The molecule has 2 aliphatic rings. The summed E-state index contributed by atoms with van der Waals surface area (Å²) in [4.78, 5) is 27.0. The molecule has 1 saturated heterocycles. The van der Waals surface area contributed by atoms with Gasteiger partial charge in [0, 0.05) is 41.9 Å². The van der Waals surface area contributed by atoms with Crippen LogP contribution in [-0.4, -0.2) is 54.8 Å². The molecule has 9 nitrogen and oxygen atoms in total. The number of ether oxygens (including phenoxy) is 1. The quantitative estimate of drug-likeness (QED) is 0.622. The van der Waals surface area contributed by atoms with E-state index in [-0.39, 0.29) is 16.1 Å². The van der Waals surface area contributed by atoms with Gasteiger partial charge in [0.1, 0.15) is 0 Å². The second-order valence-corrected chi connectivity index (χ2v) is 10.3. The molecule has 1 aromatic carbocycles. The molecule has 0 saturated carbocycles. The van der Waals surface area contributed by atoms with Crippen LogP contribution in [0.1, 0.15) is 22.8 Å². The molecule has 1 spiro atoms. The van der Waals surface area contributed by atoms with E-state index in [1.807, 2.05) is 11.0 Å². The fraction of sp³-hybridized carbons (Fsp3) is 0.273. The van der Waals surface area contributed by atoms with Crippen LogP contribution >= 0.6 is 0 Å². The second kappa shape index (κ2) is 7.35. The highest BCUT2D eigenvalue weighted by Gasteiger charge is 2.49. The normalized spacial score (nSPS) is 16.6. The fourth-order valence-corrected chi connectivity index (χ4v) is 5.02. The molecular weight excluding hydrogens is 430 g/mol. The predicted octanol–water partition coefficient (Wildman–Crippen LogP) is 1.85. The first-order valence-electron chi connectivity index (χ1n) is 10.1. The maximum Gasteiger partial charge on any atom is 0.248 e. The van der Waals surface area contributed by atoms with Crippen LogP contribution < -0.4 is 10.6 Å². The molecule has 10 heteroatoms. The van der Waals surface area contributed by atoms with Gasteiger partial charge in [0.05, 0.1) is 35.0 Å². The van der Waals surface area contributed by atoms with Crippen LogP contribution in [0.15, 0.2) is 53.8 Å². The molecule has 2 N–H and O–H groups in total. The summed E-state index contributed by atoms with van der Waals surface area (Å²) in [5.41, 5.74) is 8.51. The third kappa shape index (κ3) is 3.23. The number of aromatic nitrogens is 3. The van der Waals surface area contributed by atoms with E-state index in [4.69, 9.17) is 10.5 Å². The summed E-state index contributed by atoms with van der Waals surface area (Å²) in [7, 11) is -3.35. The summed E-state index contributed by atoms with van der Waals surface area (Å²) < 4.78 is 30.4. The molecule has 2 aromatic heterocycles. The van der Waals surface area contributed by atoms with Crippen molar-refractivity contribution in [2.75, 3.05) is 30.4 Å². The van der Waals surface area contributed by atoms with Gasteiger partial charge >= 0.3 is 0 Å². The molecule has 0 aliphatic carbocycles. The van der Waals surface area contributed by atoms with Crippen LogP contribution in [0.5, 0.6) is 0 Å². The number of nitrogens with two attached hydrogens (primary N) is 1. The Hall–Kier alpha value is -3.37. The van der Waals surface area contributed by atoms with Gasteiger partial charge in [0.15, 0.2) is 9.84 Å². The predicted molar refractivity (Wildman–Crippen MR) is 117 cm³/mol. The minimum Gasteiger partial charge on any atom is -0.379 e. The average molecular weight is 452 g/mol. The second-order valence-electron chi connectivity index (χ2n) is 8.01. The zero-order chi connectivity index (χ0) is 22.5. The first kappa shape index (κ1) is 20.5. The Morgan fingerprint density at radius 3 is 2.53 bits per heavy atom. The van der Waals surface area contributed by atoms with Crippen LogP contribution in [0.2, 0.25) is 0 Å². The molecule has 0 atom stereocenters. The third-order valence-electron chi connectivity index (χ3n) is 6.01. The van der Waals surface area contributed by atoms with Gasteiger partial charge in [-0.25, -0.2) is 18.4 Å². The van der Waals surface area contributed by atoms with Gasteiger partial charge in [0.25, 0.3) is 0 Å². The Morgan fingerprint density at radius 2 is 1.91 bits per heavy atom. The van der Waals surface area contributed by atoms with Crippen molar-refractivity contribution in [1.29, 1.82) is 0 Å². The first-order chi connectivity index (χ1) is 15.3. The Labute approximate surface area is 185 Å². The van der Waals surface area contributed by atoms with Crippen LogP contribution in [0.4, 0.5) is 11.6 Å². The highest BCUT2D eigenvalue weighted by molar-refractivity contribution is 7.91. The number of hydrogen-bond acceptors (Lipinski definition) is 8. The number of carbonyl (C=O) groups excluding carboxylic acids is 1. The van der Waals surface area contributed by atoms with Gasteiger partial charge in [-0.2, -0.15) is 0 Å². The number of amides is 1. The summed E-state index contributed by atoms with van der Waals surface area (Å²) in [6, 6.07) is 8.39. The smallest absolute Gasteiger partial charge is 0.248 e. The van der Waals surface area contributed by atoms with E-state index in [0.29, 0.717) is 42.5 Å². The summed E-state index contributed by atoms with van der Waals surface area (Å²) >= 11 is 0. The van der Waals surface area contributed by atoms with Gasteiger partial charge in [0.2, 0.25) is 11.9 Å². The lowest BCUT2D eigenvalue weighted by atomic mass is 9.81. The van der Waals surface area contributed by atoms with Crippen LogP contribution in [-0.2, 0) is 20.0 Å². The highest BCUT2D eigenvalue weighted by Crippen LogP contribution is 2.48. The number of rotatable bonds is 5. The van der Waals surface area contributed by atoms with E-state index in [1.165, 1.54) is 6.20 Å². The minimum atomic E-state index is -3.35. The zero-order valence-electron chi connectivity index (χ0n) is 17.4. The van der Waals surface area contributed by atoms with Crippen molar-refractivity contribution in [3.05, 3.63) is 60.0 Å². The molecule has 164 valence electrons. The Kier molecular flexibility index (Phi) is 4.72. The maximum absolute atomic E-state index is 12.5. The molecule has 0 radical (unpaired) electrons. The van der Waals surface area contributed by atoms with Gasteiger partial charge in [-0.15, -0.1) is 0 Å². The number of pyridine rings is 1. The standard InChI is InChI=1S/C22H21N5O4S/c1-2-32(29,30)16-3-4-17-19(8-16)27(11-22(17)12-31-13-22)21-25-9-15(10-26-21)18-7-14(20(23)28)5-6-24-18/h3-10H,2,11-13H2,1H3,(H2,23,28). The summed E-state index contributed by atoms with van der Waals surface area (Å²) in [5.74, 6) is -0.0515. The monoisotopic (exact) mass is 451 g/mol. The minimum absolute atomic E-state index is 0.0304. The molecule has 1 fully saturated rings. The largest absolute Gasteiger partial charge is 0.379 e. The van der Waals surface area contributed by atoms with Crippen molar-refractivity contribution < 1.29 is 17.9 Å². The lowest BCUT2D eigenvalue weighted by Crippen LogP contribution is -2.49. The van der Waals surface area contributed by atoms with Crippen molar-refractivity contribution in [2.24, 2.45) is 5.73 Å². The molecule has 0 unspecified atom stereocenters. The molecule has 3 aromatic rings. The number of carbonyl (C=O) groups is 1. The van der Waals surface area contributed by atoms with E-state index in [0.717, 1.165) is 11.3 Å². The molecule has 32 heavy (non-hydrogen) atoms. The topological polar surface area (TPSA) is 128 Å². The van der Waals surface area contributed by atoms with Gasteiger partial charge in [-0.1, -0.05) is 13.0 Å². The van der Waals surface area contributed by atoms with Crippen LogP contribution in [0.3, 0.4) is 0 Å². The molecule has 4 heterocycles. The summed E-state index contributed by atoms with van der Waals surface area (Å²) in [6.07, 6.45) is 4.77. The maximum atomic E-state index is 12.5. The summed E-state index contributed by atoms with van der Waals surface area (Å²) in [5, 5.41) is 0. The SMILES string of the molecule is CCS(=O)(=O)c1ccc2c(c1)N(c1ncc(-c3cc(C(N)=O)ccn3)cn1)CC21COC1. The number of hydrogen-bond donors (Lipinski definition) is 1. The fourth-order valence-electron chi connectivity index (χ4n) is 4.12. The van der Waals surface area contributed by atoms with E-state index in [1.54, 1.807) is 43.6 Å². The van der Waals surface area contributed by atoms with Crippen molar-refractivity contribution in [2.45, 2.75) is 17.2 Å². The highest BCUT2D eigenvalue weighted by atomic mass is 32.2. The number of nitrogens with zero attached hydrogens (tertiary/aromatic N) is 4. The Bertz CT molecular complexity index is 1320. The molecule has 2 aliphatic heterocycles. The van der Waals surface area contributed by atoms with Crippen LogP contribution in [0, 0.1) is 0 Å². The number of fused-ring (bicyclic) bond motifs is 2. The average Bonchev–Trinajstić information content (AvgIpc) is 3.15. The van der Waals surface area contributed by atoms with Crippen molar-refractivity contribution in [3.63, 3.8) is 0 Å². The van der Waals surface area contributed by atoms with E-state index in [9.17, 15) is 13.2 Å². The van der Waals surface area contributed by atoms with E-state index >= 15 is 0 Å². The molecule has 0 bridgehead atoms. The zero-order valence-corrected chi connectivity index (χ0v) is 18.2. The number of anilines is 2. The van der Waals surface area contributed by atoms with Crippen molar-refractivity contribution in [1.82, 2.24) is 15.0 Å². The Balaban J connectivity index is 1.53. The Morgan fingerprint density at radius 1 is 1.16 bits per heavy atom. The van der Waals surface area contributed by atoms with E-state index in [2.05, 4.69) is 15.0 Å². The van der Waals surface area contributed by atoms with Gasteiger partial charge < -0.3 is 15.4 Å². The van der Waals surface area contributed by atoms with Crippen molar-refractivity contribution in [3.8, 4) is 11.3 Å². The van der Waals surface area contributed by atoms with E-state index < -0.39 is 15.7 Å². The third-order valence-corrected chi connectivity index (χ3v) is 7.74. The number of benzene rings is 1. The molecule has 5 rings (SSSR count). The first-order valence-corrected chi connectivity index (χ1v) is 11.8. The lowest BCUT2D eigenvalue weighted by molar-refractivity contribution is -0.0507. The molecular formula is C22H21N5O4S.